The lowest BCUT2D eigenvalue weighted by Crippen LogP contribution is -2.63. The van der Waals surface area contributed by atoms with Crippen molar-refractivity contribution >= 4 is 56.6 Å². The predicted molar refractivity (Wildman–Crippen MR) is 145 cm³/mol. The molecule has 0 aromatic heterocycles. The first kappa shape index (κ1) is 28.8. The summed E-state index contributed by atoms with van der Waals surface area (Å²) in [6.45, 7) is 3.56. The van der Waals surface area contributed by atoms with Gasteiger partial charge in [-0.15, -0.1) is 6.58 Å². The van der Waals surface area contributed by atoms with Gasteiger partial charge in [-0.3, -0.25) is 24.1 Å². The molecule has 13 heteroatoms. The van der Waals surface area contributed by atoms with Gasteiger partial charge in [-0.1, -0.05) is 33.6 Å². The number of carbonyl (C=O) groups excluding carboxylic acids is 4. The normalized spacial score (nSPS) is 27.1. The van der Waals surface area contributed by atoms with Crippen LogP contribution >= 0.6 is 27.5 Å². The van der Waals surface area contributed by atoms with Crippen LogP contribution in [0, 0.1) is 11.8 Å². The number of allylic oxidation sites excluding steroid dienone is 2. The Bertz CT molecular complexity index is 1400. The van der Waals surface area contributed by atoms with E-state index in [1.807, 2.05) is 0 Å². The molecule has 1 aromatic carbocycles. The van der Waals surface area contributed by atoms with Crippen LogP contribution in [0.15, 0.2) is 41.4 Å². The molecular weight excluding hydrogens is 598 g/mol. The lowest BCUT2D eigenvalue weighted by atomic mass is 9.58. The number of Topliss-reactive ketones (excluding diaryl/α,β-unsaturated/α-hetero) is 2. The minimum Gasteiger partial charge on any atom is -0.510 e. The Morgan fingerprint density at radius 2 is 1.97 bits per heavy atom. The van der Waals surface area contributed by atoms with Crippen LogP contribution in [0.4, 0.5) is 5.69 Å². The third kappa shape index (κ3) is 4.26. The summed E-state index contributed by atoms with van der Waals surface area (Å²) in [5.74, 6) is -8.19. The summed E-state index contributed by atoms with van der Waals surface area (Å²) in [6, 6.07) is 0.339. The van der Waals surface area contributed by atoms with Gasteiger partial charge in [0, 0.05) is 11.5 Å². The number of amides is 2. The summed E-state index contributed by atoms with van der Waals surface area (Å²) in [7, 11) is 3.10. The number of phenols is 1. The molecule has 0 radical (unpaired) electrons. The number of benzene rings is 1. The number of halogens is 2. The topological polar surface area (TPSA) is 190 Å². The SMILES string of the molecule is C=CCC(Br)C(=O)Nc1c(Cl)cc2c(c1O)C(=O)C1=C(O)[C@]3(O)C(=O)C(C(N)=O)=C(O)[C@@H](N(C)C)C3CC1C2. The Morgan fingerprint density at radius 3 is 2.54 bits per heavy atom. The second kappa shape index (κ2) is 10.1. The van der Waals surface area contributed by atoms with Crippen LogP contribution in [-0.2, 0) is 20.8 Å². The zero-order chi connectivity index (χ0) is 29.1. The fraction of sp³-hybridized carbons (Fsp3) is 0.385. The molecule has 0 bridgehead atoms. The number of carbonyl (C=O) groups is 4. The van der Waals surface area contributed by atoms with Gasteiger partial charge in [-0.25, -0.2) is 0 Å². The van der Waals surface area contributed by atoms with E-state index in [4.69, 9.17) is 17.3 Å². The number of aromatic hydroxyl groups is 1. The minimum atomic E-state index is -2.74. The van der Waals surface area contributed by atoms with E-state index in [2.05, 4.69) is 27.8 Å². The number of hydrogen-bond acceptors (Lipinski definition) is 9. The molecule has 5 atom stereocenters. The number of primary amides is 1. The number of nitrogens with zero attached hydrogens (tertiary/aromatic N) is 1. The number of nitrogens with one attached hydrogen (secondary N) is 1. The quantitative estimate of drug-likeness (QED) is 0.119. The van der Waals surface area contributed by atoms with Crippen LogP contribution in [0.1, 0.15) is 28.8 Å². The van der Waals surface area contributed by atoms with E-state index in [1.54, 1.807) is 14.1 Å². The van der Waals surface area contributed by atoms with Crippen LogP contribution in [-0.4, -0.2) is 79.3 Å². The molecule has 3 aliphatic carbocycles. The number of likely N-dealkylation sites (N-methyl/N-ethyl adjacent to an activating group) is 1. The second-order valence-electron chi connectivity index (χ2n) is 10.1. The summed E-state index contributed by atoms with van der Waals surface area (Å²) in [6.07, 6.45) is 1.82. The van der Waals surface area contributed by atoms with Gasteiger partial charge in [0.2, 0.25) is 11.7 Å². The lowest BCUT2D eigenvalue weighted by Gasteiger charge is -2.50. The van der Waals surface area contributed by atoms with E-state index < -0.39 is 74.5 Å². The Balaban J connectivity index is 1.87. The molecule has 208 valence electrons. The number of aliphatic hydroxyl groups is 3. The number of anilines is 1. The molecule has 7 N–H and O–H groups in total. The van der Waals surface area contributed by atoms with Crippen molar-refractivity contribution in [3.05, 3.63) is 57.5 Å². The molecular formula is C26H27BrClN3O8. The average molecular weight is 625 g/mol. The van der Waals surface area contributed by atoms with Crippen molar-refractivity contribution in [2.45, 2.75) is 35.7 Å². The Morgan fingerprint density at radius 1 is 1.33 bits per heavy atom. The second-order valence-corrected chi connectivity index (χ2v) is 11.6. The van der Waals surface area contributed by atoms with Crippen molar-refractivity contribution < 1.29 is 39.6 Å². The minimum absolute atomic E-state index is 0.0274. The highest BCUT2D eigenvalue weighted by molar-refractivity contribution is 9.10. The summed E-state index contributed by atoms with van der Waals surface area (Å²) < 4.78 is 0. The highest BCUT2D eigenvalue weighted by Gasteiger charge is 2.63. The van der Waals surface area contributed by atoms with Crippen LogP contribution in [0.2, 0.25) is 5.02 Å². The van der Waals surface area contributed by atoms with Crippen molar-refractivity contribution in [3.8, 4) is 5.75 Å². The van der Waals surface area contributed by atoms with E-state index >= 15 is 0 Å². The molecule has 0 saturated carbocycles. The summed E-state index contributed by atoms with van der Waals surface area (Å²) in [5, 5.41) is 47.2. The Hall–Kier alpha value is -3.19. The van der Waals surface area contributed by atoms with E-state index in [1.165, 1.54) is 17.0 Å². The Kier molecular flexibility index (Phi) is 7.45. The van der Waals surface area contributed by atoms with Crippen molar-refractivity contribution in [1.29, 1.82) is 0 Å². The van der Waals surface area contributed by atoms with E-state index in [0.717, 1.165) is 0 Å². The third-order valence-electron chi connectivity index (χ3n) is 7.57. The van der Waals surface area contributed by atoms with Crippen LogP contribution < -0.4 is 11.1 Å². The van der Waals surface area contributed by atoms with Gasteiger partial charge in [0.05, 0.1) is 21.5 Å². The predicted octanol–water partition coefficient (Wildman–Crippen LogP) is 2.05. The standard InChI is InChI=1S/C26H27BrClN3O8/c1-4-5-12(27)25(38)30-17-13(28)8-10-6-9-7-11-18(31(2)3)21(34)16(24(29)37)23(36)26(11,39)22(35)15(9)19(32)14(10)20(17)33/h4,8-9,11-12,18,33-35,39H,1,5-7H2,2-3H3,(H2,29,37)(H,30,38)/t9?,11?,12?,18-,26-/m0/s1. The fourth-order valence-corrected chi connectivity index (χ4v) is 6.49. The fourth-order valence-electron chi connectivity index (χ4n) is 5.84. The first-order valence-electron chi connectivity index (χ1n) is 11.9. The molecule has 4 rings (SSSR count). The van der Waals surface area contributed by atoms with Crippen LogP contribution in [0.25, 0.3) is 0 Å². The first-order chi connectivity index (χ1) is 18.2. The molecule has 0 aliphatic heterocycles. The number of fused-ring (bicyclic) bond motifs is 3. The molecule has 3 unspecified atom stereocenters. The lowest BCUT2D eigenvalue weighted by molar-refractivity contribution is -0.148. The number of phenolic OH excluding ortho intramolecular Hbond substituents is 1. The number of hydrogen-bond donors (Lipinski definition) is 6. The Labute approximate surface area is 236 Å². The molecule has 39 heavy (non-hydrogen) atoms. The number of ketones is 2. The molecule has 0 fully saturated rings. The van der Waals surface area contributed by atoms with Gasteiger partial charge in [-0.05, 0) is 50.9 Å². The average Bonchev–Trinajstić information content (AvgIpc) is 2.83. The van der Waals surface area contributed by atoms with Gasteiger partial charge >= 0.3 is 0 Å². The first-order valence-corrected chi connectivity index (χ1v) is 13.2. The smallest absolute Gasteiger partial charge is 0.255 e. The number of rotatable bonds is 6. The van der Waals surface area contributed by atoms with Crippen LogP contribution in [0.5, 0.6) is 5.75 Å². The molecule has 0 saturated heterocycles. The van der Waals surface area contributed by atoms with E-state index in [9.17, 15) is 39.6 Å². The van der Waals surface area contributed by atoms with Crippen molar-refractivity contribution in [2.75, 3.05) is 19.4 Å². The summed E-state index contributed by atoms with van der Waals surface area (Å²) >= 11 is 9.56. The van der Waals surface area contributed by atoms with Gasteiger partial charge in [0.1, 0.15) is 22.8 Å². The molecule has 0 heterocycles. The molecule has 11 nitrogen and oxygen atoms in total. The highest BCUT2D eigenvalue weighted by Crippen LogP contribution is 2.53. The maximum Gasteiger partial charge on any atom is 0.255 e. The number of alkyl halides is 1. The van der Waals surface area contributed by atoms with Crippen LogP contribution in [0.3, 0.4) is 0 Å². The zero-order valence-corrected chi connectivity index (χ0v) is 23.3. The molecule has 0 spiro atoms. The molecule has 3 aliphatic rings. The maximum atomic E-state index is 13.7. The summed E-state index contributed by atoms with van der Waals surface area (Å²) in [4.78, 5) is 52.4. The van der Waals surface area contributed by atoms with Crippen molar-refractivity contribution in [2.24, 2.45) is 17.6 Å². The van der Waals surface area contributed by atoms with Gasteiger partial charge in [0.15, 0.2) is 17.1 Å². The zero-order valence-electron chi connectivity index (χ0n) is 21.0. The molecule has 1 aromatic rings. The van der Waals surface area contributed by atoms with Crippen molar-refractivity contribution in [1.82, 2.24) is 4.90 Å². The monoisotopic (exact) mass is 623 g/mol. The largest absolute Gasteiger partial charge is 0.510 e. The summed E-state index contributed by atoms with van der Waals surface area (Å²) in [5.41, 5.74) is 1.24. The van der Waals surface area contributed by atoms with Gasteiger partial charge in [-0.2, -0.15) is 0 Å². The third-order valence-corrected chi connectivity index (χ3v) is 8.66. The van der Waals surface area contributed by atoms with E-state index in [-0.39, 0.29) is 41.1 Å². The molecule has 2 amide bonds. The number of aliphatic hydroxyl groups excluding tert-OH is 2. The maximum absolute atomic E-state index is 13.7. The number of nitrogens with two attached hydrogens (primary N) is 1. The highest BCUT2D eigenvalue weighted by atomic mass is 79.9. The van der Waals surface area contributed by atoms with Crippen molar-refractivity contribution in [3.63, 3.8) is 0 Å². The van der Waals surface area contributed by atoms with E-state index in [0.29, 0.717) is 5.56 Å². The van der Waals surface area contributed by atoms with Gasteiger partial charge in [0.25, 0.3) is 5.91 Å². The van der Waals surface area contributed by atoms with Gasteiger partial charge < -0.3 is 31.5 Å².